The predicted molar refractivity (Wildman–Crippen MR) is 106 cm³/mol. The lowest BCUT2D eigenvalue weighted by Crippen LogP contribution is -2.37. The quantitative estimate of drug-likeness (QED) is 0.764. The first kappa shape index (κ1) is 19.8. The fourth-order valence-electron chi connectivity index (χ4n) is 3.10. The normalized spacial score (nSPS) is 16.6. The zero-order chi connectivity index (χ0) is 19.3. The van der Waals surface area contributed by atoms with Crippen LogP contribution in [-0.2, 0) is 10.0 Å². The molecule has 1 fully saturated rings. The molecule has 1 unspecified atom stereocenters. The van der Waals surface area contributed by atoms with Crippen LogP contribution in [-0.4, -0.2) is 36.8 Å². The number of hydrogen-bond acceptors (Lipinski definition) is 5. The molecule has 9 heteroatoms. The minimum absolute atomic E-state index is 0.129. The third kappa shape index (κ3) is 4.66. The Morgan fingerprint density at radius 3 is 2.67 bits per heavy atom. The molecule has 0 bridgehead atoms. The molecule has 146 valence electrons. The zero-order valence-electron chi connectivity index (χ0n) is 15.2. The van der Waals surface area contributed by atoms with Crippen LogP contribution in [0.15, 0.2) is 40.7 Å². The molecule has 1 atom stereocenters. The van der Waals surface area contributed by atoms with E-state index in [0.29, 0.717) is 19.5 Å². The van der Waals surface area contributed by atoms with Crippen LogP contribution in [0.1, 0.15) is 43.7 Å². The van der Waals surface area contributed by atoms with Crippen LogP contribution in [0.5, 0.6) is 0 Å². The van der Waals surface area contributed by atoms with E-state index in [9.17, 15) is 13.2 Å². The maximum absolute atomic E-state index is 13.0. The summed E-state index contributed by atoms with van der Waals surface area (Å²) >= 11 is 1.47. The van der Waals surface area contributed by atoms with Crippen molar-refractivity contribution < 1.29 is 13.2 Å². The van der Waals surface area contributed by atoms with Gasteiger partial charge in [-0.3, -0.25) is 0 Å². The van der Waals surface area contributed by atoms with Crippen molar-refractivity contribution in [2.24, 2.45) is 0 Å². The first-order valence-electron chi connectivity index (χ1n) is 9.08. The highest BCUT2D eigenvalue weighted by molar-refractivity contribution is 7.89. The van der Waals surface area contributed by atoms with Crippen LogP contribution in [0.3, 0.4) is 0 Å². The Labute approximate surface area is 163 Å². The van der Waals surface area contributed by atoms with E-state index in [1.165, 1.54) is 21.7 Å². The smallest absolute Gasteiger partial charge is 0.319 e. The van der Waals surface area contributed by atoms with Crippen LogP contribution in [0.4, 0.5) is 10.5 Å². The average molecular weight is 409 g/mol. The number of anilines is 1. The number of rotatable bonds is 6. The lowest BCUT2D eigenvalue weighted by Gasteiger charge is -2.27. The summed E-state index contributed by atoms with van der Waals surface area (Å²) in [6.45, 7) is 3.00. The van der Waals surface area contributed by atoms with Crippen LogP contribution >= 0.6 is 11.3 Å². The number of aromatic nitrogens is 1. The Hall–Kier alpha value is -1.97. The van der Waals surface area contributed by atoms with E-state index in [-0.39, 0.29) is 16.6 Å². The fraction of sp³-hybridized carbons (Fsp3) is 0.444. The SMILES string of the molecule is CCC(NC(=O)Nc1ccccc1S(=O)(=O)N1CCCCC1)c1nccs1. The zero-order valence-corrected chi connectivity index (χ0v) is 16.9. The molecule has 0 spiro atoms. The van der Waals surface area contributed by atoms with Gasteiger partial charge in [-0.2, -0.15) is 4.31 Å². The number of benzene rings is 1. The summed E-state index contributed by atoms with van der Waals surface area (Å²) in [5.41, 5.74) is 0.287. The first-order chi connectivity index (χ1) is 13.0. The van der Waals surface area contributed by atoms with Crippen LogP contribution in [0.25, 0.3) is 0 Å². The number of piperidine rings is 1. The van der Waals surface area contributed by atoms with Crippen molar-refractivity contribution in [2.45, 2.75) is 43.5 Å². The Kier molecular flexibility index (Phi) is 6.46. The largest absolute Gasteiger partial charge is 0.329 e. The summed E-state index contributed by atoms with van der Waals surface area (Å²) in [4.78, 5) is 16.8. The molecule has 0 aliphatic carbocycles. The topological polar surface area (TPSA) is 91.4 Å². The van der Waals surface area contributed by atoms with Gasteiger partial charge in [0.05, 0.1) is 11.7 Å². The van der Waals surface area contributed by atoms with Crippen LogP contribution < -0.4 is 10.6 Å². The van der Waals surface area contributed by atoms with E-state index >= 15 is 0 Å². The summed E-state index contributed by atoms with van der Waals surface area (Å²) in [5.74, 6) is 0. The number of nitrogens with one attached hydrogen (secondary N) is 2. The number of nitrogens with zero attached hydrogens (tertiary/aromatic N) is 2. The molecule has 1 aromatic heterocycles. The Morgan fingerprint density at radius 2 is 2.00 bits per heavy atom. The molecule has 0 saturated carbocycles. The molecule has 27 heavy (non-hydrogen) atoms. The second kappa shape index (κ2) is 8.81. The molecule has 2 amide bonds. The fourth-order valence-corrected chi connectivity index (χ4v) is 5.54. The van der Waals surface area contributed by atoms with Gasteiger partial charge in [0.1, 0.15) is 9.90 Å². The van der Waals surface area contributed by atoms with Crippen LogP contribution in [0.2, 0.25) is 0 Å². The molecule has 7 nitrogen and oxygen atoms in total. The molecule has 1 aliphatic rings. The number of carbonyl (C=O) groups excluding carboxylic acids is 1. The average Bonchev–Trinajstić information content (AvgIpc) is 3.22. The molecule has 1 saturated heterocycles. The van der Waals surface area contributed by atoms with Gasteiger partial charge in [-0.25, -0.2) is 18.2 Å². The molecular weight excluding hydrogens is 384 g/mol. The number of amides is 2. The third-order valence-electron chi connectivity index (χ3n) is 4.53. The van der Waals surface area contributed by atoms with Gasteiger partial charge in [-0.05, 0) is 31.4 Å². The number of sulfonamides is 1. The van der Waals surface area contributed by atoms with Crippen molar-refractivity contribution in [3.8, 4) is 0 Å². The van der Waals surface area contributed by atoms with Gasteiger partial charge in [0, 0.05) is 24.7 Å². The maximum atomic E-state index is 13.0. The first-order valence-corrected chi connectivity index (χ1v) is 11.4. The Bertz CT molecular complexity index is 862. The van der Waals surface area contributed by atoms with E-state index in [4.69, 9.17) is 0 Å². The highest BCUT2D eigenvalue weighted by Gasteiger charge is 2.28. The lowest BCUT2D eigenvalue weighted by atomic mass is 10.2. The number of para-hydroxylation sites is 1. The van der Waals surface area contributed by atoms with Crippen molar-refractivity contribution in [1.29, 1.82) is 0 Å². The van der Waals surface area contributed by atoms with E-state index in [1.807, 2.05) is 12.3 Å². The van der Waals surface area contributed by atoms with Crippen LogP contribution in [0, 0.1) is 0 Å². The standard InChI is InChI=1S/C18H24N4O3S2/c1-2-14(17-19-10-13-26-17)20-18(23)21-15-8-4-5-9-16(15)27(24,25)22-11-6-3-7-12-22/h4-5,8-10,13-14H,2-3,6-7,11-12H2,1H3,(H2,20,21,23). The van der Waals surface area contributed by atoms with Gasteiger partial charge in [0.15, 0.2) is 0 Å². The highest BCUT2D eigenvalue weighted by Crippen LogP contribution is 2.27. The monoisotopic (exact) mass is 408 g/mol. The molecule has 2 N–H and O–H groups in total. The lowest BCUT2D eigenvalue weighted by molar-refractivity contribution is 0.248. The maximum Gasteiger partial charge on any atom is 0.319 e. The number of hydrogen-bond donors (Lipinski definition) is 2. The Morgan fingerprint density at radius 1 is 1.26 bits per heavy atom. The Balaban J connectivity index is 1.76. The second-order valence-corrected chi connectivity index (χ2v) is 9.22. The van der Waals surface area contributed by atoms with Crippen molar-refractivity contribution >= 4 is 33.1 Å². The summed E-state index contributed by atoms with van der Waals surface area (Å²) in [6.07, 6.45) is 5.16. The highest BCUT2D eigenvalue weighted by atomic mass is 32.2. The van der Waals surface area contributed by atoms with Gasteiger partial charge in [-0.15, -0.1) is 11.3 Å². The van der Waals surface area contributed by atoms with Gasteiger partial charge < -0.3 is 10.6 Å². The number of carbonyl (C=O) groups is 1. The molecule has 2 heterocycles. The van der Waals surface area contributed by atoms with Gasteiger partial charge in [0.2, 0.25) is 10.0 Å². The van der Waals surface area contributed by atoms with E-state index in [1.54, 1.807) is 24.4 Å². The van der Waals surface area contributed by atoms with Crippen molar-refractivity contribution in [3.05, 3.63) is 40.8 Å². The van der Waals surface area contributed by atoms with E-state index in [2.05, 4.69) is 15.6 Å². The van der Waals surface area contributed by atoms with Gasteiger partial charge >= 0.3 is 6.03 Å². The molecular formula is C18H24N4O3S2. The number of thiazole rings is 1. The van der Waals surface area contributed by atoms with Crippen molar-refractivity contribution in [1.82, 2.24) is 14.6 Å². The predicted octanol–water partition coefficient (Wildman–Crippen LogP) is 3.59. The van der Waals surface area contributed by atoms with Crippen molar-refractivity contribution in [3.63, 3.8) is 0 Å². The second-order valence-electron chi connectivity index (χ2n) is 6.39. The third-order valence-corrected chi connectivity index (χ3v) is 7.38. The van der Waals surface area contributed by atoms with Crippen molar-refractivity contribution in [2.75, 3.05) is 18.4 Å². The summed E-state index contributed by atoms with van der Waals surface area (Å²) in [5, 5.41) is 8.25. The summed E-state index contributed by atoms with van der Waals surface area (Å²) in [6, 6.07) is 5.88. The molecule has 3 rings (SSSR count). The minimum Gasteiger partial charge on any atom is -0.329 e. The summed E-state index contributed by atoms with van der Waals surface area (Å²) < 4.78 is 27.5. The van der Waals surface area contributed by atoms with E-state index in [0.717, 1.165) is 24.3 Å². The molecule has 0 radical (unpaired) electrons. The number of urea groups is 1. The molecule has 1 aromatic carbocycles. The van der Waals surface area contributed by atoms with Gasteiger partial charge in [-0.1, -0.05) is 25.5 Å². The molecule has 2 aromatic rings. The van der Waals surface area contributed by atoms with Gasteiger partial charge in [0.25, 0.3) is 0 Å². The minimum atomic E-state index is -3.64. The van der Waals surface area contributed by atoms with E-state index < -0.39 is 16.1 Å². The summed E-state index contributed by atoms with van der Waals surface area (Å²) in [7, 11) is -3.64. The molecule has 1 aliphatic heterocycles.